The number of carbonyl (C=O) groups excluding carboxylic acids is 1. The van der Waals surface area contributed by atoms with Gasteiger partial charge in [-0.25, -0.2) is 0 Å². The number of pyridine rings is 1. The summed E-state index contributed by atoms with van der Waals surface area (Å²) in [5.74, 6) is 0.0349. The first kappa shape index (κ1) is 13.9. The van der Waals surface area contributed by atoms with Crippen molar-refractivity contribution in [3.63, 3.8) is 0 Å². The molecule has 1 N–H and O–H groups in total. The van der Waals surface area contributed by atoms with E-state index in [-0.39, 0.29) is 11.6 Å². The number of nitrogens with one attached hydrogen (secondary N) is 1. The van der Waals surface area contributed by atoms with Crippen molar-refractivity contribution in [1.29, 1.82) is 0 Å². The molecule has 110 valence electrons. The number of nitrogens with zero attached hydrogens (tertiary/aromatic N) is 3. The molecule has 0 atom stereocenters. The number of carbonyl (C=O) groups is 1. The van der Waals surface area contributed by atoms with Crippen LogP contribution < -0.4 is 10.1 Å². The summed E-state index contributed by atoms with van der Waals surface area (Å²) in [5.41, 5.74) is 2.58. The maximum atomic E-state index is 12.3. The highest BCUT2D eigenvalue weighted by Crippen LogP contribution is 2.23. The van der Waals surface area contributed by atoms with Crippen LogP contribution in [0.1, 0.15) is 16.2 Å². The molecule has 1 amide bonds. The Bertz CT molecular complexity index is 831. The number of anilines is 1. The van der Waals surface area contributed by atoms with Gasteiger partial charge in [0, 0.05) is 17.1 Å². The predicted molar refractivity (Wildman–Crippen MR) is 83.0 cm³/mol. The van der Waals surface area contributed by atoms with E-state index in [1.54, 1.807) is 12.1 Å². The Morgan fingerprint density at radius 3 is 2.68 bits per heavy atom. The first-order valence-electron chi connectivity index (χ1n) is 6.73. The van der Waals surface area contributed by atoms with Gasteiger partial charge in [0.25, 0.3) is 5.91 Å². The maximum Gasteiger partial charge on any atom is 0.276 e. The van der Waals surface area contributed by atoms with Crippen LogP contribution in [0.15, 0.2) is 42.5 Å². The summed E-state index contributed by atoms with van der Waals surface area (Å²) >= 11 is 0. The monoisotopic (exact) mass is 294 g/mol. The molecule has 0 saturated carbocycles. The van der Waals surface area contributed by atoms with Crippen LogP contribution in [0.3, 0.4) is 0 Å². The number of benzene rings is 1. The SMILES string of the molecule is COc1ccc(C(=O)Nc2cc(C)nc3ccccc23)nn1. The van der Waals surface area contributed by atoms with E-state index in [0.717, 1.165) is 16.6 Å². The van der Waals surface area contributed by atoms with E-state index in [0.29, 0.717) is 11.6 Å². The van der Waals surface area contributed by atoms with E-state index in [1.165, 1.54) is 7.11 Å². The van der Waals surface area contributed by atoms with Crippen molar-refractivity contribution in [2.24, 2.45) is 0 Å². The van der Waals surface area contributed by atoms with Crippen molar-refractivity contribution >= 4 is 22.5 Å². The Morgan fingerprint density at radius 1 is 1.14 bits per heavy atom. The lowest BCUT2D eigenvalue weighted by molar-refractivity contribution is 0.102. The number of aryl methyl sites for hydroxylation is 1. The number of methoxy groups -OCH3 is 1. The van der Waals surface area contributed by atoms with Gasteiger partial charge in [-0.2, -0.15) is 0 Å². The Hall–Kier alpha value is -3.02. The second-order valence-corrected chi connectivity index (χ2v) is 4.74. The number of amides is 1. The predicted octanol–water partition coefficient (Wildman–Crippen LogP) is 2.59. The Morgan fingerprint density at radius 2 is 1.95 bits per heavy atom. The molecule has 1 aromatic carbocycles. The second-order valence-electron chi connectivity index (χ2n) is 4.74. The summed E-state index contributed by atoms with van der Waals surface area (Å²) in [6.07, 6.45) is 0. The molecule has 2 aromatic heterocycles. The lowest BCUT2D eigenvalue weighted by atomic mass is 10.1. The number of hydrogen-bond donors (Lipinski definition) is 1. The van der Waals surface area contributed by atoms with E-state index < -0.39 is 0 Å². The minimum absolute atomic E-state index is 0.222. The zero-order valence-electron chi connectivity index (χ0n) is 12.2. The molecule has 2 heterocycles. The highest BCUT2D eigenvalue weighted by molar-refractivity contribution is 6.07. The third-order valence-corrected chi connectivity index (χ3v) is 3.17. The van der Waals surface area contributed by atoms with Crippen LogP contribution in [0, 0.1) is 6.92 Å². The number of rotatable bonds is 3. The summed E-state index contributed by atoms with van der Waals surface area (Å²) in [5, 5.41) is 11.4. The lowest BCUT2D eigenvalue weighted by Crippen LogP contribution is -2.15. The minimum Gasteiger partial charge on any atom is -0.480 e. The third kappa shape index (κ3) is 2.71. The zero-order valence-corrected chi connectivity index (χ0v) is 12.2. The highest BCUT2D eigenvalue weighted by atomic mass is 16.5. The van der Waals surface area contributed by atoms with Crippen molar-refractivity contribution in [2.75, 3.05) is 12.4 Å². The van der Waals surface area contributed by atoms with Gasteiger partial charge in [-0.05, 0) is 25.1 Å². The molecule has 0 saturated heterocycles. The molecule has 0 unspecified atom stereocenters. The smallest absolute Gasteiger partial charge is 0.276 e. The van der Waals surface area contributed by atoms with E-state index >= 15 is 0 Å². The van der Waals surface area contributed by atoms with Crippen LogP contribution in [0.5, 0.6) is 5.88 Å². The van der Waals surface area contributed by atoms with E-state index in [1.807, 2.05) is 37.3 Å². The van der Waals surface area contributed by atoms with Gasteiger partial charge in [0.15, 0.2) is 5.69 Å². The third-order valence-electron chi connectivity index (χ3n) is 3.17. The van der Waals surface area contributed by atoms with E-state index in [9.17, 15) is 4.79 Å². The van der Waals surface area contributed by atoms with Crippen molar-refractivity contribution in [1.82, 2.24) is 15.2 Å². The molecule has 0 radical (unpaired) electrons. The first-order chi connectivity index (χ1) is 10.7. The van der Waals surface area contributed by atoms with Gasteiger partial charge >= 0.3 is 0 Å². The maximum absolute atomic E-state index is 12.3. The van der Waals surface area contributed by atoms with Crippen LogP contribution in [0.4, 0.5) is 5.69 Å². The van der Waals surface area contributed by atoms with Crippen LogP contribution in [0.25, 0.3) is 10.9 Å². The molecule has 3 aromatic rings. The fourth-order valence-electron chi connectivity index (χ4n) is 2.15. The average molecular weight is 294 g/mol. The molecule has 0 aliphatic rings. The van der Waals surface area contributed by atoms with Crippen molar-refractivity contribution in [2.45, 2.75) is 6.92 Å². The molecule has 22 heavy (non-hydrogen) atoms. The molecule has 0 aliphatic carbocycles. The minimum atomic E-state index is -0.328. The summed E-state index contributed by atoms with van der Waals surface area (Å²) in [4.78, 5) is 16.7. The zero-order chi connectivity index (χ0) is 15.5. The fourth-order valence-corrected chi connectivity index (χ4v) is 2.15. The molecular weight excluding hydrogens is 280 g/mol. The van der Waals surface area contributed by atoms with Crippen molar-refractivity contribution < 1.29 is 9.53 Å². The Kier molecular flexibility index (Phi) is 3.65. The molecule has 6 nitrogen and oxygen atoms in total. The first-order valence-corrected chi connectivity index (χ1v) is 6.73. The largest absolute Gasteiger partial charge is 0.480 e. The van der Waals surface area contributed by atoms with Crippen molar-refractivity contribution in [3.05, 3.63) is 53.9 Å². The van der Waals surface area contributed by atoms with Gasteiger partial charge in [0.05, 0.1) is 18.3 Å². The second kappa shape index (κ2) is 5.77. The summed E-state index contributed by atoms with van der Waals surface area (Å²) in [6.45, 7) is 1.88. The average Bonchev–Trinajstić information content (AvgIpc) is 2.54. The molecule has 0 spiro atoms. The Labute approximate surface area is 127 Å². The van der Waals surface area contributed by atoms with Crippen LogP contribution in [0.2, 0.25) is 0 Å². The molecular formula is C16H14N4O2. The highest BCUT2D eigenvalue weighted by Gasteiger charge is 2.11. The van der Waals surface area contributed by atoms with Crippen LogP contribution in [-0.4, -0.2) is 28.2 Å². The van der Waals surface area contributed by atoms with Crippen LogP contribution in [-0.2, 0) is 0 Å². The molecule has 0 bridgehead atoms. The van der Waals surface area contributed by atoms with Gasteiger partial charge in [-0.3, -0.25) is 9.78 Å². The standard InChI is InChI=1S/C16H14N4O2/c1-10-9-14(11-5-3-4-6-12(11)17-10)18-16(21)13-7-8-15(22-2)20-19-13/h3-9H,1-2H3,(H,17,18,21). The van der Waals surface area contributed by atoms with Gasteiger partial charge < -0.3 is 10.1 Å². The van der Waals surface area contributed by atoms with Gasteiger partial charge in [0.2, 0.25) is 5.88 Å². The topological polar surface area (TPSA) is 77.0 Å². The number of ether oxygens (including phenoxy) is 1. The van der Waals surface area contributed by atoms with E-state index in [2.05, 4.69) is 20.5 Å². The fraction of sp³-hybridized carbons (Fsp3) is 0.125. The van der Waals surface area contributed by atoms with Gasteiger partial charge in [0.1, 0.15) is 0 Å². The molecule has 0 aliphatic heterocycles. The molecule has 0 fully saturated rings. The van der Waals surface area contributed by atoms with Crippen molar-refractivity contribution in [3.8, 4) is 5.88 Å². The van der Waals surface area contributed by atoms with Crippen LogP contribution >= 0.6 is 0 Å². The normalized spacial score (nSPS) is 10.5. The summed E-state index contributed by atoms with van der Waals surface area (Å²) < 4.78 is 4.93. The van der Waals surface area contributed by atoms with Gasteiger partial charge in [-0.1, -0.05) is 18.2 Å². The number of para-hydroxylation sites is 1. The number of aromatic nitrogens is 3. The number of fused-ring (bicyclic) bond motifs is 1. The quantitative estimate of drug-likeness (QED) is 0.803. The summed E-state index contributed by atoms with van der Waals surface area (Å²) in [6, 6.07) is 12.6. The molecule has 6 heteroatoms. The molecule has 3 rings (SSSR count). The summed E-state index contributed by atoms with van der Waals surface area (Å²) in [7, 11) is 1.50. The van der Waals surface area contributed by atoms with Gasteiger partial charge in [-0.15, -0.1) is 10.2 Å². The van der Waals surface area contributed by atoms with E-state index in [4.69, 9.17) is 4.74 Å². The number of hydrogen-bond acceptors (Lipinski definition) is 5. The lowest BCUT2D eigenvalue weighted by Gasteiger charge is -2.09. The Balaban J connectivity index is 1.93.